The Labute approximate surface area is 135 Å². The van der Waals surface area contributed by atoms with E-state index in [2.05, 4.69) is 36.5 Å². The average molecular weight is 324 g/mol. The zero-order chi connectivity index (χ0) is 16.4. The van der Waals surface area contributed by atoms with Crippen LogP contribution >= 0.6 is 0 Å². The fourth-order valence-electron chi connectivity index (χ4n) is 3.16. The molecule has 0 atom stereocenters. The van der Waals surface area contributed by atoms with Crippen LogP contribution in [0.1, 0.15) is 39.2 Å². The van der Waals surface area contributed by atoms with Gasteiger partial charge in [-0.2, -0.15) is 0 Å². The Kier molecular flexibility index (Phi) is 5.17. The molecular formula is C17H28N2O2S. The number of sulfonamides is 1. The lowest BCUT2D eigenvalue weighted by atomic mass is 9.75. The van der Waals surface area contributed by atoms with Gasteiger partial charge in [-0.25, -0.2) is 8.42 Å². The third-order valence-electron chi connectivity index (χ3n) is 4.45. The van der Waals surface area contributed by atoms with Gasteiger partial charge in [-0.3, -0.25) is 9.62 Å². The van der Waals surface area contributed by atoms with E-state index in [1.165, 1.54) is 19.1 Å². The minimum atomic E-state index is -3.21. The maximum Gasteiger partial charge on any atom is 0.229 e. The van der Waals surface area contributed by atoms with Gasteiger partial charge in [-0.15, -0.1) is 0 Å². The molecule has 0 radical (unpaired) electrons. The summed E-state index contributed by atoms with van der Waals surface area (Å²) in [7, 11) is -3.21. The smallest absolute Gasteiger partial charge is 0.229 e. The Balaban J connectivity index is 1.94. The van der Waals surface area contributed by atoms with Gasteiger partial charge in [0.25, 0.3) is 0 Å². The molecule has 0 spiro atoms. The average Bonchev–Trinajstić information content (AvgIpc) is 2.36. The van der Waals surface area contributed by atoms with E-state index in [4.69, 9.17) is 0 Å². The number of anilines is 1. The van der Waals surface area contributed by atoms with Crippen LogP contribution in [-0.4, -0.2) is 32.7 Å². The first-order valence-corrected chi connectivity index (χ1v) is 9.82. The second kappa shape index (κ2) is 6.59. The van der Waals surface area contributed by atoms with Crippen molar-refractivity contribution in [3.63, 3.8) is 0 Å². The van der Waals surface area contributed by atoms with Crippen LogP contribution in [0.4, 0.5) is 5.69 Å². The Bertz CT molecular complexity index is 597. The van der Waals surface area contributed by atoms with Crippen molar-refractivity contribution in [3.8, 4) is 0 Å². The first kappa shape index (κ1) is 17.3. The predicted octanol–water partition coefficient (Wildman–Crippen LogP) is 3.32. The summed E-state index contributed by atoms with van der Waals surface area (Å²) in [4.78, 5) is 2.46. The molecule has 1 aromatic rings. The van der Waals surface area contributed by atoms with Crippen molar-refractivity contribution in [2.24, 2.45) is 11.3 Å². The van der Waals surface area contributed by atoms with E-state index in [-0.39, 0.29) is 0 Å². The number of hydrogen-bond donors (Lipinski definition) is 1. The van der Waals surface area contributed by atoms with Gasteiger partial charge in [0.2, 0.25) is 10.0 Å². The van der Waals surface area contributed by atoms with E-state index in [9.17, 15) is 8.42 Å². The molecule has 1 N–H and O–H groups in total. The normalized spacial score (nSPS) is 18.4. The van der Waals surface area contributed by atoms with Gasteiger partial charge in [0, 0.05) is 12.2 Å². The fourth-order valence-corrected chi connectivity index (χ4v) is 3.72. The molecule has 1 aromatic carbocycles. The van der Waals surface area contributed by atoms with Crippen molar-refractivity contribution in [2.75, 3.05) is 24.1 Å². The number of benzene rings is 1. The van der Waals surface area contributed by atoms with Crippen molar-refractivity contribution >= 4 is 15.7 Å². The Morgan fingerprint density at radius 2 is 1.86 bits per heavy atom. The number of likely N-dealkylation sites (tertiary alicyclic amines) is 1. The van der Waals surface area contributed by atoms with Crippen LogP contribution in [0.3, 0.4) is 0 Å². The summed E-state index contributed by atoms with van der Waals surface area (Å²) in [6.45, 7) is 10.1. The molecule has 0 saturated carbocycles. The molecule has 4 nitrogen and oxygen atoms in total. The van der Waals surface area contributed by atoms with Crippen LogP contribution in [0.2, 0.25) is 0 Å². The summed E-state index contributed by atoms with van der Waals surface area (Å²) in [5.74, 6) is 0.794. The van der Waals surface area contributed by atoms with Crippen molar-refractivity contribution < 1.29 is 8.42 Å². The van der Waals surface area contributed by atoms with Crippen molar-refractivity contribution in [1.29, 1.82) is 0 Å². The maximum atomic E-state index is 11.3. The minimum Gasteiger partial charge on any atom is -0.299 e. The molecule has 1 aliphatic heterocycles. The Morgan fingerprint density at radius 3 is 2.41 bits per heavy atom. The highest BCUT2D eigenvalue weighted by atomic mass is 32.2. The quantitative estimate of drug-likeness (QED) is 0.924. The van der Waals surface area contributed by atoms with E-state index in [1.54, 1.807) is 6.07 Å². The van der Waals surface area contributed by atoms with E-state index in [0.717, 1.165) is 31.1 Å². The second-order valence-electron chi connectivity index (χ2n) is 7.49. The van der Waals surface area contributed by atoms with Gasteiger partial charge >= 0.3 is 0 Å². The molecule has 1 saturated heterocycles. The van der Waals surface area contributed by atoms with Crippen LogP contribution in [0.25, 0.3) is 0 Å². The van der Waals surface area contributed by atoms with Gasteiger partial charge in [-0.05, 0) is 55.0 Å². The Hall–Kier alpha value is -1.07. The standard InChI is InChI=1S/C17H28N2O2S/c1-17(2,3)15-8-10-19(11-9-15)13-14-6-5-7-16(12-14)18-22(4,20)21/h5-7,12,15,18H,8-11,13H2,1-4H3. The molecule has 2 rings (SSSR count). The molecular weight excluding hydrogens is 296 g/mol. The zero-order valence-corrected chi connectivity index (χ0v) is 14.9. The van der Waals surface area contributed by atoms with Crippen LogP contribution in [0.15, 0.2) is 24.3 Å². The molecule has 1 aliphatic rings. The Morgan fingerprint density at radius 1 is 1.23 bits per heavy atom. The van der Waals surface area contributed by atoms with Crippen LogP contribution < -0.4 is 4.72 Å². The van der Waals surface area contributed by atoms with E-state index < -0.39 is 10.0 Å². The summed E-state index contributed by atoms with van der Waals surface area (Å²) in [6, 6.07) is 7.68. The molecule has 0 aliphatic carbocycles. The maximum absolute atomic E-state index is 11.3. The number of nitrogens with one attached hydrogen (secondary N) is 1. The topological polar surface area (TPSA) is 49.4 Å². The van der Waals surface area contributed by atoms with Gasteiger partial charge in [0.05, 0.1) is 6.26 Å². The van der Waals surface area contributed by atoms with Crippen LogP contribution in [0, 0.1) is 11.3 Å². The highest BCUT2D eigenvalue weighted by Crippen LogP contribution is 2.34. The molecule has 0 unspecified atom stereocenters. The molecule has 124 valence electrons. The molecule has 1 fully saturated rings. The number of hydrogen-bond acceptors (Lipinski definition) is 3. The molecule has 0 aromatic heterocycles. The first-order chi connectivity index (χ1) is 10.1. The van der Waals surface area contributed by atoms with Crippen LogP contribution in [0.5, 0.6) is 0 Å². The van der Waals surface area contributed by atoms with Gasteiger partial charge in [0.1, 0.15) is 0 Å². The molecule has 5 heteroatoms. The predicted molar refractivity (Wildman–Crippen MR) is 92.4 cm³/mol. The van der Waals surface area contributed by atoms with Gasteiger partial charge < -0.3 is 0 Å². The van der Waals surface area contributed by atoms with Crippen molar-refractivity contribution in [2.45, 2.75) is 40.2 Å². The highest BCUT2D eigenvalue weighted by Gasteiger charge is 2.28. The summed E-state index contributed by atoms with van der Waals surface area (Å²) in [5.41, 5.74) is 2.19. The molecule has 0 bridgehead atoms. The summed E-state index contributed by atoms with van der Waals surface area (Å²) in [5, 5.41) is 0. The summed E-state index contributed by atoms with van der Waals surface area (Å²) in [6.07, 6.45) is 3.66. The third-order valence-corrected chi connectivity index (χ3v) is 5.06. The zero-order valence-electron chi connectivity index (χ0n) is 14.1. The van der Waals surface area contributed by atoms with Gasteiger partial charge in [-0.1, -0.05) is 32.9 Å². The third kappa shape index (κ3) is 5.29. The number of piperidine rings is 1. The van der Waals surface area contributed by atoms with Crippen molar-refractivity contribution in [1.82, 2.24) is 4.90 Å². The summed E-state index contributed by atoms with van der Waals surface area (Å²) >= 11 is 0. The summed E-state index contributed by atoms with van der Waals surface area (Å²) < 4.78 is 25.2. The SMILES string of the molecule is CC(C)(C)C1CCN(Cc2cccc(NS(C)(=O)=O)c2)CC1. The second-order valence-corrected chi connectivity index (χ2v) is 9.24. The molecule has 0 amide bonds. The van der Waals surface area contributed by atoms with E-state index >= 15 is 0 Å². The van der Waals surface area contributed by atoms with Gasteiger partial charge in [0.15, 0.2) is 0 Å². The van der Waals surface area contributed by atoms with E-state index in [0.29, 0.717) is 11.1 Å². The lowest BCUT2D eigenvalue weighted by molar-refractivity contribution is 0.108. The minimum absolute atomic E-state index is 0.394. The fraction of sp³-hybridized carbons (Fsp3) is 0.647. The number of nitrogens with zero attached hydrogens (tertiary/aromatic N) is 1. The lowest BCUT2D eigenvalue weighted by Crippen LogP contribution is -2.37. The number of rotatable bonds is 4. The molecule has 22 heavy (non-hydrogen) atoms. The monoisotopic (exact) mass is 324 g/mol. The lowest BCUT2D eigenvalue weighted by Gasteiger charge is -2.38. The van der Waals surface area contributed by atoms with Crippen LogP contribution in [-0.2, 0) is 16.6 Å². The highest BCUT2D eigenvalue weighted by molar-refractivity contribution is 7.92. The van der Waals surface area contributed by atoms with E-state index in [1.807, 2.05) is 12.1 Å². The first-order valence-electron chi connectivity index (χ1n) is 7.92. The molecule has 1 heterocycles. The van der Waals surface area contributed by atoms with Crippen molar-refractivity contribution in [3.05, 3.63) is 29.8 Å². The largest absolute Gasteiger partial charge is 0.299 e.